The zero-order chi connectivity index (χ0) is 14.7. The second-order valence-electron chi connectivity index (χ2n) is 5.12. The van der Waals surface area contributed by atoms with Crippen LogP contribution in [-0.2, 0) is 12.8 Å². The zero-order valence-electron chi connectivity index (χ0n) is 12.3. The number of rotatable bonds is 4. The van der Waals surface area contributed by atoms with Crippen molar-refractivity contribution in [1.82, 2.24) is 0 Å². The second kappa shape index (κ2) is 6.19. The Morgan fingerprint density at radius 2 is 1.75 bits per heavy atom. The van der Waals surface area contributed by atoms with Gasteiger partial charge in [-0.15, -0.1) is 0 Å². The van der Waals surface area contributed by atoms with E-state index in [0.717, 1.165) is 18.4 Å². The SMILES string of the molecule is CCc1ccc(C(O)c2cccc(C)c2F)cc1CC. The number of aryl methyl sites for hydroxylation is 3. The third-order valence-electron chi connectivity index (χ3n) is 3.82. The number of benzene rings is 2. The lowest BCUT2D eigenvalue weighted by Gasteiger charge is -2.16. The lowest BCUT2D eigenvalue weighted by molar-refractivity contribution is 0.214. The van der Waals surface area contributed by atoms with E-state index in [-0.39, 0.29) is 5.82 Å². The molecule has 2 heteroatoms. The van der Waals surface area contributed by atoms with Crippen molar-refractivity contribution >= 4 is 0 Å². The molecule has 1 N–H and O–H groups in total. The fourth-order valence-electron chi connectivity index (χ4n) is 2.55. The minimum Gasteiger partial charge on any atom is -0.384 e. The lowest BCUT2D eigenvalue weighted by atomic mass is 9.94. The van der Waals surface area contributed by atoms with Gasteiger partial charge in [0.05, 0.1) is 0 Å². The van der Waals surface area contributed by atoms with Gasteiger partial charge in [-0.2, -0.15) is 0 Å². The first kappa shape index (κ1) is 14.7. The van der Waals surface area contributed by atoms with Gasteiger partial charge in [-0.1, -0.05) is 50.2 Å². The lowest BCUT2D eigenvalue weighted by Crippen LogP contribution is -2.05. The van der Waals surface area contributed by atoms with Gasteiger partial charge >= 0.3 is 0 Å². The molecule has 0 aromatic heterocycles. The Hall–Kier alpha value is -1.67. The molecule has 0 amide bonds. The first-order chi connectivity index (χ1) is 9.58. The molecule has 2 rings (SSSR count). The summed E-state index contributed by atoms with van der Waals surface area (Å²) in [6, 6.07) is 11.1. The van der Waals surface area contributed by atoms with Gasteiger partial charge in [0.15, 0.2) is 0 Å². The van der Waals surface area contributed by atoms with E-state index in [1.54, 1.807) is 25.1 Å². The standard InChI is InChI=1S/C18H21FO/c1-4-13-9-10-15(11-14(13)5-2)18(20)16-8-6-7-12(3)17(16)19/h6-11,18,20H,4-5H2,1-3H3. The molecule has 20 heavy (non-hydrogen) atoms. The molecule has 0 fully saturated rings. The van der Waals surface area contributed by atoms with Crippen LogP contribution in [0.2, 0.25) is 0 Å². The summed E-state index contributed by atoms with van der Waals surface area (Å²) in [7, 11) is 0. The Morgan fingerprint density at radius 1 is 1.05 bits per heavy atom. The Balaban J connectivity index is 2.43. The summed E-state index contributed by atoms with van der Waals surface area (Å²) in [5.74, 6) is -0.322. The van der Waals surface area contributed by atoms with E-state index in [1.165, 1.54) is 11.1 Å². The highest BCUT2D eigenvalue weighted by molar-refractivity contribution is 5.38. The molecule has 1 nitrogen and oxygen atoms in total. The van der Waals surface area contributed by atoms with Crippen molar-refractivity contribution in [2.75, 3.05) is 0 Å². The molecule has 2 aromatic carbocycles. The largest absolute Gasteiger partial charge is 0.384 e. The van der Waals surface area contributed by atoms with Crippen LogP contribution in [0.1, 0.15) is 47.8 Å². The summed E-state index contributed by atoms with van der Waals surface area (Å²) in [5.41, 5.74) is 4.16. The molecule has 0 aliphatic heterocycles. The summed E-state index contributed by atoms with van der Waals surface area (Å²) >= 11 is 0. The minimum absolute atomic E-state index is 0.322. The average Bonchev–Trinajstić information content (AvgIpc) is 2.48. The van der Waals surface area contributed by atoms with E-state index in [9.17, 15) is 9.50 Å². The van der Waals surface area contributed by atoms with Crippen molar-refractivity contribution in [1.29, 1.82) is 0 Å². The highest BCUT2D eigenvalue weighted by Crippen LogP contribution is 2.27. The maximum Gasteiger partial charge on any atom is 0.132 e. The van der Waals surface area contributed by atoms with Crippen molar-refractivity contribution < 1.29 is 9.50 Å². The fraction of sp³-hybridized carbons (Fsp3) is 0.333. The maximum absolute atomic E-state index is 14.1. The van der Waals surface area contributed by atoms with Crippen molar-refractivity contribution in [3.63, 3.8) is 0 Å². The molecule has 0 saturated heterocycles. The molecule has 0 radical (unpaired) electrons. The third kappa shape index (κ3) is 2.75. The van der Waals surface area contributed by atoms with Crippen molar-refractivity contribution in [3.8, 4) is 0 Å². The van der Waals surface area contributed by atoms with Crippen LogP contribution in [0.5, 0.6) is 0 Å². The van der Waals surface area contributed by atoms with Gasteiger partial charge in [-0.25, -0.2) is 4.39 Å². The summed E-state index contributed by atoms with van der Waals surface area (Å²) < 4.78 is 14.1. The van der Waals surface area contributed by atoms with Crippen molar-refractivity contribution in [2.24, 2.45) is 0 Å². The number of aliphatic hydroxyl groups is 1. The van der Waals surface area contributed by atoms with Crippen molar-refractivity contribution in [2.45, 2.75) is 39.7 Å². The zero-order valence-corrected chi connectivity index (χ0v) is 12.3. The molecule has 1 unspecified atom stereocenters. The van der Waals surface area contributed by atoms with E-state index in [2.05, 4.69) is 13.8 Å². The Bertz CT molecular complexity index is 604. The normalized spacial score (nSPS) is 12.4. The van der Waals surface area contributed by atoms with Gasteiger partial charge in [0, 0.05) is 5.56 Å². The third-order valence-corrected chi connectivity index (χ3v) is 3.82. The van der Waals surface area contributed by atoms with E-state index in [4.69, 9.17) is 0 Å². The van der Waals surface area contributed by atoms with Crippen LogP contribution in [0.25, 0.3) is 0 Å². The van der Waals surface area contributed by atoms with Crippen molar-refractivity contribution in [3.05, 3.63) is 70.0 Å². The molecule has 0 aliphatic rings. The molecule has 1 atom stereocenters. The quantitative estimate of drug-likeness (QED) is 0.877. The molecule has 0 saturated carbocycles. The van der Waals surface area contributed by atoms with Gasteiger partial charge in [0.1, 0.15) is 11.9 Å². The van der Waals surface area contributed by atoms with Crippen LogP contribution >= 0.6 is 0 Å². The number of aliphatic hydroxyl groups excluding tert-OH is 1. The molecule has 0 aliphatic carbocycles. The predicted octanol–water partition coefficient (Wildman–Crippen LogP) is 4.34. The molecular weight excluding hydrogens is 251 g/mol. The average molecular weight is 272 g/mol. The molecule has 106 valence electrons. The first-order valence-electron chi connectivity index (χ1n) is 7.13. The second-order valence-corrected chi connectivity index (χ2v) is 5.12. The molecule has 0 bridgehead atoms. The maximum atomic E-state index is 14.1. The number of halogens is 1. The van der Waals surface area contributed by atoms with Gasteiger partial charge in [-0.3, -0.25) is 0 Å². The number of hydrogen-bond acceptors (Lipinski definition) is 1. The predicted molar refractivity (Wildman–Crippen MR) is 80.4 cm³/mol. The molecular formula is C18H21FO. The monoisotopic (exact) mass is 272 g/mol. The van der Waals surface area contributed by atoms with E-state index < -0.39 is 6.10 Å². The van der Waals surface area contributed by atoms with Crippen LogP contribution in [0.4, 0.5) is 4.39 Å². The highest BCUT2D eigenvalue weighted by atomic mass is 19.1. The van der Waals surface area contributed by atoms with Crippen LogP contribution in [-0.4, -0.2) is 5.11 Å². The van der Waals surface area contributed by atoms with Crippen LogP contribution in [0, 0.1) is 12.7 Å². The summed E-state index contributed by atoms with van der Waals surface area (Å²) in [5, 5.41) is 10.4. The smallest absolute Gasteiger partial charge is 0.132 e. The molecule has 0 spiro atoms. The molecule has 2 aromatic rings. The summed E-state index contributed by atoms with van der Waals surface area (Å²) in [4.78, 5) is 0. The minimum atomic E-state index is -0.911. The summed E-state index contributed by atoms with van der Waals surface area (Å²) in [6.07, 6.45) is 0.976. The van der Waals surface area contributed by atoms with E-state index >= 15 is 0 Å². The topological polar surface area (TPSA) is 20.2 Å². The highest BCUT2D eigenvalue weighted by Gasteiger charge is 2.17. The van der Waals surface area contributed by atoms with Gasteiger partial charge in [0.2, 0.25) is 0 Å². The van der Waals surface area contributed by atoms with E-state index in [0.29, 0.717) is 11.1 Å². The number of hydrogen-bond donors (Lipinski definition) is 1. The van der Waals surface area contributed by atoms with Gasteiger partial charge < -0.3 is 5.11 Å². The molecule has 0 heterocycles. The van der Waals surface area contributed by atoms with E-state index in [1.807, 2.05) is 18.2 Å². The Kier molecular flexibility index (Phi) is 4.56. The Morgan fingerprint density at radius 3 is 2.40 bits per heavy atom. The fourth-order valence-corrected chi connectivity index (χ4v) is 2.55. The Labute approximate surface area is 120 Å². The van der Waals surface area contributed by atoms with Gasteiger partial charge in [0.25, 0.3) is 0 Å². The first-order valence-corrected chi connectivity index (χ1v) is 7.13. The van der Waals surface area contributed by atoms with Gasteiger partial charge in [-0.05, 0) is 42.0 Å². The van der Waals surface area contributed by atoms with Crippen LogP contribution in [0.15, 0.2) is 36.4 Å². The van der Waals surface area contributed by atoms with Crippen LogP contribution in [0.3, 0.4) is 0 Å². The summed E-state index contributed by atoms with van der Waals surface area (Å²) in [6.45, 7) is 5.92. The van der Waals surface area contributed by atoms with Crippen LogP contribution < -0.4 is 0 Å².